The number of nitrogens with zero attached hydrogens (tertiary/aromatic N) is 3. The zero-order valence-electron chi connectivity index (χ0n) is 18.8. The molecule has 1 aliphatic carbocycles. The van der Waals surface area contributed by atoms with E-state index in [4.69, 9.17) is 0 Å². The predicted molar refractivity (Wildman–Crippen MR) is 125 cm³/mol. The molecule has 2 aliphatic rings. The van der Waals surface area contributed by atoms with Crippen LogP contribution in [0.5, 0.6) is 0 Å². The van der Waals surface area contributed by atoms with E-state index in [1.165, 1.54) is 6.42 Å². The fourth-order valence-electron chi connectivity index (χ4n) is 5.42. The number of amides is 1. The number of likely N-dealkylation sites (tertiary alicyclic amines) is 1. The maximum absolute atomic E-state index is 13.8. The lowest BCUT2D eigenvalue weighted by Crippen LogP contribution is -2.41. The van der Waals surface area contributed by atoms with Gasteiger partial charge in [-0.25, -0.2) is 0 Å². The first-order chi connectivity index (χ1) is 15.5. The molecule has 3 aromatic rings. The smallest absolute Gasteiger partial charge is 0.259 e. The number of pyridine rings is 2. The number of hydrogen-bond donors (Lipinski definition) is 0. The van der Waals surface area contributed by atoms with E-state index in [1.807, 2.05) is 42.2 Å². The van der Waals surface area contributed by atoms with Gasteiger partial charge in [0, 0.05) is 42.7 Å². The van der Waals surface area contributed by atoms with Gasteiger partial charge in [0.2, 0.25) is 0 Å². The van der Waals surface area contributed by atoms with Crippen LogP contribution >= 0.6 is 0 Å². The van der Waals surface area contributed by atoms with Gasteiger partial charge in [-0.3, -0.25) is 14.6 Å². The molecule has 0 spiro atoms. The minimum absolute atomic E-state index is 0.0967. The third-order valence-corrected chi connectivity index (χ3v) is 7.18. The van der Waals surface area contributed by atoms with Crippen molar-refractivity contribution in [3.8, 4) is 0 Å². The lowest BCUT2D eigenvalue weighted by atomic mass is 9.98. The Kier molecular flexibility index (Phi) is 5.41. The molecule has 1 aromatic carbocycles. The van der Waals surface area contributed by atoms with E-state index in [2.05, 4.69) is 28.6 Å². The second-order valence-corrected chi connectivity index (χ2v) is 9.27. The number of benzene rings is 1. The summed E-state index contributed by atoms with van der Waals surface area (Å²) >= 11 is 0. The first kappa shape index (κ1) is 20.7. The molecule has 1 aliphatic heterocycles. The molecular formula is C27H29N3O2. The molecule has 5 heteroatoms. The number of carbonyl (C=O) groups excluding carboxylic acids is 1. The van der Waals surface area contributed by atoms with Crippen LogP contribution < -0.4 is 5.43 Å². The van der Waals surface area contributed by atoms with Crippen molar-refractivity contribution in [1.29, 1.82) is 0 Å². The Labute approximate surface area is 188 Å². The molecular weight excluding hydrogens is 398 g/mol. The van der Waals surface area contributed by atoms with Crippen LogP contribution in [0.2, 0.25) is 0 Å². The lowest BCUT2D eigenvalue weighted by molar-refractivity contribution is 0.0700. The highest BCUT2D eigenvalue weighted by Gasteiger charge is 2.41. The number of piperidine rings is 1. The van der Waals surface area contributed by atoms with E-state index in [9.17, 15) is 9.59 Å². The van der Waals surface area contributed by atoms with Crippen molar-refractivity contribution >= 4 is 5.91 Å². The summed E-state index contributed by atoms with van der Waals surface area (Å²) < 4.78 is 2.11. The second-order valence-electron chi connectivity index (χ2n) is 9.27. The molecule has 0 unspecified atom stereocenters. The first-order valence-corrected chi connectivity index (χ1v) is 11.5. The van der Waals surface area contributed by atoms with Crippen LogP contribution in [0, 0.1) is 19.8 Å². The van der Waals surface area contributed by atoms with Crippen LogP contribution in [0.25, 0.3) is 0 Å². The quantitative estimate of drug-likeness (QED) is 0.615. The van der Waals surface area contributed by atoms with E-state index < -0.39 is 0 Å². The number of aromatic nitrogens is 2. The van der Waals surface area contributed by atoms with Gasteiger partial charge in [0.25, 0.3) is 5.91 Å². The van der Waals surface area contributed by atoms with Gasteiger partial charge < -0.3 is 9.47 Å². The summed E-state index contributed by atoms with van der Waals surface area (Å²) in [5, 5.41) is 0. The normalized spacial score (nSPS) is 19.5. The molecule has 0 radical (unpaired) electrons. The summed E-state index contributed by atoms with van der Waals surface area (Å²) in [6, 6.07) is 15.9. The number of aryl methyl sites for hydroxylation is 2. The molecule has 1 amide bonds. The van der Waals surface area contributed by atoms with Crippen molar-refractivity contribution in [2.75, 3.05) is 6.54 Å². The Bertz CT molecular complexity index is 1220. The average Bonchev–Trinajstić information content (AvgIpc) is 3.42. The SMILES string of the molecule is Cc1ccccc1Cc1c(C(=O)N2C[C@@H]3CC[C@H]2C3)c(=O)cc(C)n1Cc1ccccn1. The summed E-state index contributed by atoms with van der Waals surface area (Å²) in [6.07, 6.45) is 5.65. The summed E-state index contributed by atoms with van der Waals surface area (Å²) in [4.78, 5) is 33.5. The third kappa shape index (κ3) is 3.77. The molecule has 5 nitrogen and oxygen atoms in total. The number of carbonyl (C=O) groups is 1. The van der Waals surface area contributed by atoms with Gasteiger partial charge >= 0.3 is 0 Å². The molecule has 5 rings (SSSR count). The minimum atomic E-state index is -0.170. The molecule has 0 N–H and O–H groups in total. The van der Waals surface area contributed by atoms with Crippen molar-refractivity contribution < 1.29 is 4.79 Å². The topological polar surface area (TPSA) is 55.2 Å². The highest BCUT2D eigenvalue weighted by Crippen LogP contribution is 2.38. The molecule has 2 atom stereocenters. The Morgan fingerprint density at radius 2 is 1.91 bits per heavy atom. The maximum Gasteiger partial charge on any atom is 0.259 e. The molecule has 2 aromatic heterocycles. The Balaban J connectivity index is 1.64. The van der Waals surface area contributed by atoms with Crippen LogP contribution in [0.3, 0.4) is 0 Å². The monoisotopic (exact) mass is 427 g/mol. The minimum Gasteiger partial charge on any atom is -0.342 e. The maximum atomic E-state index is 13.8. The van der Waals surface area contributed by atoms with Crippen molar-refractivity contribution in [2.45, 2.75) is 52.1 Å². The average molecular weight is 428 g/mol. The van der Waals surface area contributed by atoms with Gasteiger partial charge in [-0.15, -0.1) is 0 Å². The van der Waals surface area contributed by atoms with E-state index in [1.54, 1.807) is 12.3 Å². The largest absolute Gasteiger partial charge is 0.342 e. The van der Waals surface area contributed by atoms with Gasteiger partial charge in [0.15, 0.2) is 5.43 Å². The predicted octanol–water partition coefficient (Wildman–Crippen LogP) is 4.12. The third-order valence-electron chi connectivity index (χ3n) is 7.18. The fraction of sp³-hybridized carbons (Fsp3) is 0.370. The van der Waals surface area contributed by atoms with Crippen molar-refractivity contribution in [1.82, 2.24) is 14.5 Å². The van der Waals surface area contributed by atoms with Crippen LogP contribution in [-0.4, -0.2) is 32.9 Å². The summed E-state index contributed by atoms with van der Waals surface area (Å²) in [5.74, 6) is 0.491. The van der Waals surface area contributed by atoms with Crippen molar-refractivity contribution in [3.05, 3.63) is 98.7 Å². The number of hydrogen-bond acceptors (Lipinski definition) is 3. The first-order valence-electron chi connectivity index (χ1n) is 11.5. The lowest BCUT2D eigenvalue weighted by Gasteiger charge is -2.29. The van der Waals surface area contributed by atoms with Gasteiger partial charge in [-0.2, -0.15) is 0 Å². The molecule has 2 bridgehead atoms. The van der Waals surface area contributed by atoms with Gasteiger partial charge in [-0.1, -0.05) is 30.3 Å². The fourth-order valence-corrected chi connectivity index (χ4v) is 5.42. The Morgan fingerprint density at radius 1 is 1.09 bits per heavy atom. The molecule has 164 valence electrons. The number of fused-ring (bicyclic) bond motifs is 2. The van der Waals surface area contributed by atoms with Gasteiger partial charge in [0.05, 0.1) is 12.2 Å². The molecule has 1 saturated carbocycles. The van der Waals surface area contributed by atoms with Crippen LogP contribution in [-0.2, 0) is 13.0 Å². The van der Waals surface area contributed by atoms with E-state index in [0.717, 1.165) is 47.6 Å². The number of rotatable bonds is 5. The zero-order chi connectivity index (χ0) is 22.2. The molecule has 1 saturated heterocycles. The van der Waals surface area contributed by atoms with Crippen molar-refractivity contribution in [2.24, 2.45) is 5.92 Å². The van der Waals surface area contributed by atoms with Crippen LogP contribution in [0.1, 0.15) is 57.8 Å². The van der Waals surface area contributed by atoms with Crippen molar-refractivity contribution in [3.63, 3.8) is 0 Å². The summed E-state index contributed by atoms with van der Waals surface area (Å²) in [6.45, 7) is 5.33. The van der Waals surface area contributed by atoms with Crippen LogP contribution in [0.15, 0.2) is 59.5 Å². The Morgan fingerprint density at radius 3 is 2.59 bits per heavy atom. The molecule has 3 heterocycles. The van der Waals surface area contributed by atoms with Crippen LogP contribution in [0.4, 0.5) is 0 Å². The molecule has 32 heavy (non-hydrogen) atoms. The summed E-state index contributed by atoms with van der Waals surface area (Å²) in [7, 11) is 0. The Hall–Kier alpha value is -3.21. The van der Waals surface area contributed by atoms with Gasteiger partial charge in [0.1, 0.15) is 5.56 Å². The highest BCUT2D eigenvalue weighted by atomic mass is 16.2. The second kappa shape index (κ2) is 8.38. The molecule has 2 fully saturated rings. The van der Waals surface area contributed by atoms with Gasteiger partial charge in [-0.05, 0) is 62.3 Å². The highest BCUT2D eigenvalue weighted by molar-refractivity contribution is 5.96. The summed E-state index contributed by atoms with van der Waals surface area (Å²) in [5.41, 5.74) is 5.00. The van der Waals surface area contributed by atoms with E-state index >= 15 is 0 Å². The van der Waals surface area contributed by atoms with E-state index in [-0.39, 0.29) is 17.4 Å². The standard InChI is InChI=1S/C27H29N3O2/c1-18-7-3-4-8-21(18)15-24-26(27(32)30-16-20-10-11-23(30)14-20)25(31)13-19(2)29(24)17-22-9-5-6-12-28-22/h3-9,12-13,20,23H,10-11,14-17H2,1-2H3/t20-,23+/m1/s1. The van der Waals surface area contributed by atoms with E-state index in [0.29, 0.717) is 24.4 Å². The zero-order valence-corrected chi connectivity index (χ0v) is 18.8.